The number of rotatable bonds is 8. The van der Waals surface area contributed by atoms with E-state index in [0.717, 1.165) is 0 Å². The summed E-state index contributed by atoms with van der Waals surface area (Å²) in [5.74, 6) is -2.61. The molecule has 168 valence electrons. The van der Waals surface area contributed by atoms with Gasteiger partial charge in [0.1, 0.15) is 31.0 Å². The van der Waals surface area contributed by atoms with Gasteiger partial charge in [0.2, 0.25) is 11.7 Å². The van der Waals surface area contributed by atoms with Crippen LogP contribution in [0.4, 0.5) is 4.39 Å². The van der Waals surface area contributed by atoms with Gasteiger partial charge in [0, 0.05) is 6.42 Å². The van der Waals surface area contributed by atoms with Gasteiger partial charge >= 0.3 is 11.7 Å². The lowest BCUT2D eigenvalue weighted by Crippen LogP contribution is -2.46. The van der Waals surface area contributed by atoms with Gasteiger partial charge in [0.05, 0.1) is 6.20 Å². The molecule has 1 aliphatic heterocycles. The lowest BCUT2D eigenvalue weighted by Gasteiger charge is -2.22. The molecule has 12 heteroatoms. The van der Waals surface area contributed by atoms with Crippen LogP contribution >= 0.6 is 0 Å². The number of hydrogen-bond donors (Lipinski definition) is 4. The number of aliphatic hydroxyl groups is 2. The Morgan fingerprint density at radius 2 is 2.00 bits per heavy atom. The van der Waals surface area contributed by atoms with Crippen molar-refractivity contribution < 1.29 is 33.7 Å². The molecule has 1 aromatic heterocycles. The molecule has 0 saturated carbocycles. The molecule has 1 fully saturated rings. The maximum atomic E-state index is 13.5. The number of amides is 1. The zero-order valence-electron chi connectivity index (χ0n) is 16.8. The molecule has 0 aliphatic carbocycles. The van der Waals surface area contributed by atoms with Gasteiger partial charge in [-0.3, -0.25) is 19.1 Å². The zero-order chi connectivity index (χ0) is 22.6. The van der Waals surface area contributed by atoms with Crippen LogP contribution in [-0.4, -0.2) is 62.6 Å². The molecule has 11 nitrogen and oxygen atoms in total. The molecule has 0 aromatic carbocycles. The normalized spacial score (nSPS) is 24.6. The van der Waals surface area contributed by atoms with E-state index < -0.39 is 60.2 Å². The quantitative estimate of drug-likeness (QED) is 0.373. The highest BCUT2D eigenvalue weighted by Gasteiger charge is 2.45. The van der Waals surface area contributed by atoms with Crippen LogP contribution in [0.5, 0.6) is 0 Å². The number of ether oxygens (including phenoxy) is 2. The minimum Gasteiger partial charge on any atom is -0.461 e. The summed E-state index contributed by atoms with van der Waals surface area (Å²) in [6, 6.07) is -0.917. The van der Waals surface area contributed by atoms with Crippen molar-refractivity contribution >= 4 is 11.9 Å². The average molecular weight is 431 g/mol. The lowest BCUT2D eigenvalue weighted by molar-refractivity contribution is -0.155. The lowest BCUT2D eigenvalue weighted by atomic mass is 10.0. The summed E-state index contributed by atoms with van der Waals surface area (Å²) in [6.45, 7) is 4.77. The van der Waals surface area contributed by atoms with Crippen LogP contribution in [0.25, 0.3) is 0 Å². The number of aromatic nitrogens is 2. The highest BCUT2D eigenvalue weighted by atomic mass is 19.1. The number of aromatic amines is 1. The predicted octanol–water partition coefficient (Wildman–Crippen LogP) is -1.22. The number of halogens is 1. The minimum absolute atomic E-state index is 0.249. The first-order chi connectivity index (χ1) is 14.1. The fourth-order valence-corrected chi connectivity index (χ4v) is 2.97. The second-order valence-electron chi connectivity index (χ2n) is 7.36. The molecule has 2 unspecified atom stereocenters. The maximum Gasteiger partial charge on any atom is 0.330 e. The maximum absolute atomic E-state index is 13.5. The monoisotopic (exact) mass is 431 g/mol. The van der Waals surface area contributed by atoms with Crippen molar-refractivity contribution in [1.82, 2.24) is 14.9 Å². The molecule has 4 N–H and O–H groups in total. The molecule has 2 heterocycles. The molecule has 0 radical (unpaired) electrons. The Hall–Kier alpha value is -2.57. The largest absolute Gasteiger partial charge is 0.461 e. The van der Waals surface area contributed by atoms with E-state index in [-0.39, 0.29) is 18.2 Å². The van der Waals surface area contributed by atoms with E-state index in [1.165, 1.54) is 0 Å². The van der Waals surface area contributed by atoms with Gasteiger partial charge in [-0.2, -0.15) is 4.39 Å². The average Bonchev–Trinajstić information content (AvgIpc) is 2.95. The third-order valence-electron chi connectivity index (χ3n) is 4.64. The Labute approximate surface area is 170 Å². The van der Waals surface area contributed by atoms with Crippen molar-refractivity contribution in [2.75, 3.05) is 6.61 Å². The number of nitrogens with zero attached hydrogens (tertiary/aromatic N) is 1. The summed E-state index contributed by atoms with van der Waals surface area (Å²) in [7, 11) is 0. The van der Waals surface area contributed by atoms with Crippen LogP contribution in [-0.2, 0) is 19.1 Å². The summed E-state index contributed by atoms with van der Waals surface area (Å²) < 4.78 is 24.6. The van der Waals surface area contributed by atoms with E-state index in [0.29, 0.717) is 17.2 Å². The summed E-state index contributed by atoms with van der Waals surface area (Å²) in [5.41, 5.74) is -2.28. The molecular formula is C18H26FN3O8. The molecule has 0 bridgehead atoms. The van der Waals surface area contributed by atoms with Crippen LogP contribution in [0.3, 0.4) is 0 Å². The molecule has 1 amide bonds. The first-order valence-electron chi connectivity index (χ1n) is 9.55. The molecule has 1 saturated heterocycles. The van der Waals surface area contributed by atoms with Crippen molar-refractivity contribution in [2.45, 2.75) is 64.2 Å². The molecule has 5 atom stereocenters. The van der Waals surface area contributed by atoms with E-state index in [9.17, 15) is 33.8 Å². The van der Waals surface area contributed by atoms with Gasteiger partial charge in [-0.25, -0.2) is 9.59 Å². The third kappa shape index (κ3) is 5.32. The van der Waals surface area contributed by atoms with Gasteiger partial charge in [-0.1, -0.05) is 20.8 Å². The third-order valence-corrected chi connectivity index (χ3v) is 4.64. The Morgan fingerprint density at radius 1 is 1.33 bits per heavy atom. The van der Waals surface area contributed by atoms with E-state index in [4.69, 9.17) is 9.47 Å². The van der Waals surface area contributed by atoms with E-state index in [2.05, 4.69) is 5.32 Å². The van der Waals surface area contributed by atoms with E-state index >= 15 is 0 Å². The topological polar surface area (TPSA) is 160 Å². The zero-order valence-corrected chi connectivity index (χ0v) is 16.8. The van der Waals surface area contributed by atoms with Crippen LogP contribution < -0.4 is 16.6 Å². The number of carbonyl (C=O) groups excluding carboxylic acids is 2. The number of H-pyrrole nitrogens is 1. The standard InChI is InChI=1S/C18H26FN3O8/c1-4-5-11(23)20-12(8(2)3)17(27)29-7-10-13(24)14(25)16(30-10)22-6-9(19)15(26)21-18(22)28/h6,8,10,12-14,16,24-25H,4-5,7H2,1-3H3,(H,20,23)(H,21,26,28)/t10-,12-,13?,14?,16-/m0/s1. The summed E-state index contributed by atoms with van der Waals surface area (Å²) in [5, 5.41) is 22.9. The highest BCUT2D eigenvalue weighted by molar-refractivity contribution is 5.84. The van der Waals surface area contributed by atoms with Crippen LogP contribution in [0.2, 0.25) is 0 Å². The van der Waals surface area contributed by atoms with Crippen LogP contribution in [0.15, 0.2) is 15.8 Å². The Kier molecular flexibility index (Phi) is 7.87. The summed E-state index contributed by atoms with van der Waals surface area (Å²) in [4.78, 5) is 48.9. The first kappa shape index (κ1) is 23.7. The fraction of sp³-hybridized carbons (Fsp3) is 0.667. The van der Waals surface area contributed by atoms with Gasteiger partial charge in [-0.15, -0.1) is 0 Å². The molecule has 30 heavy (non-hydrogen) atoms. The van der Waals surface area contributed by atoms with Gasteiger partial charge in [0.15, 0.2) is 6.23 Å². The Morgan fingerprint density at radius 3 is 2.60 bits per heavy atom. The number of aliphatic hydroxyl groups excluding tert-OH is 2. The van der Waals surface area contributed by atoms with Crippen molar-refractivity contribution in [3.05, 3.63) is 32.9 Å². The fourth-order valence-electron chi connectivity index (χ4n) is 2.97. The predicted molar refractivity (Wildman–Crippen MR) is 99.8 cm³/mol. The van der Waals surface area contributed by atoms with Crippen molar-refractivity contribution in [3.8, 4) is 0 Å². The van der Waals surface area contributed by atoms with Gasteiger partial charge < -0.3 is 25.0 Å². The number of carbonyl (C=O) groups is 2. The Balaban J connectivity index is 2.06. The first-order valence-corrected chi connectivity index (χ1v) is 9.55. The van der Waals surface area contributed by atoms with Crippen LogP contribution in [0.1, 0.15) is 39.8 Å². The second kappa shape index (κ2) is 9.96. The second-order valence-corrected chi connectivity index (χ2v) is 7.36. The molecule has 0 spiro atoms. The number of hydrogen-bond acceptors (Lipinski definition) is 8. The number of nitrogens with one attached hydrogen (secondary N) is 2. The van der Waals surface area contributed by atoms with Gasteiger partial charge in [0.25, 0.3) is 5.56 Å². The molecule has 1 aromatic rings. The minimum atomic E-state index is -1.65. The van der Waals surface area contributed by atoms with Gasteiger partial charge in [-0.05, 0) is 12.3 Å². The molecular weight excluding hydrogens is 405 g/mol. The smallest absolute Gasteiger partial charge is 0.330 e. The van der Waals surface area contributed by atoms with Crippen molar-refractivity contribution in [2.24, 2.45) is 5.92 Å². The Bertz CT molecular complexity index is 883. The van der Waals surface area contributed by atoms with Crippen molar-refractivity contribution in [3.63, 3.8) is 0 Å². The summed E-state index contributed by atoms with van der Waals surface area (Å²) in [6.07, 6.45) is -4.54. The number of esters is 1. The SMILES string of the molecule is CCCC(=O)N[C@H](C(=O)OC[C@@H]1O[C@H](n2cc(F)c(=O)[nH]c2=O)C(O)C1O)C(C)C. The highest BCUT2D eigenvalue weighted by Crippen LogP contribution is 2.28. The molecule has 2 rings (SSSR count). The van der Waals surface area contributed by atoms with Crippen LogP contribution in [0, 0.1) is 11.7 Å². The molecule has 1 aliphatic rings. The van der Waals surface area contributed by atoms with Crippen molar-refractivity contribution in [1.29, 1.82) is 0 Å². The van der Waals surface area contributed by atoms with E-state index in [1.54, 1.807) is 18.8 Å². The van der Waals surface area contributed by atoms with E-state index in [1.807, 2.05) is 6.92 Å². The summed E-state index contributed by atoms with van der Waals surface area (Å²) >= 11 is 0.